The molecule has 1 saturated carbocycles. The molecule has 2 unspecified atom stereocenters. The molecule has 1 fully saturated rings. The Bertz CT molecular complexity index is 310. The van der Waals surface area contributed by atoms with E-state index in [9.17, 15) is 19.5 Å². The van der Waals surface area contributed by atoms with Gasteiger partial charge in [0.2, 0.25) is 0 Å². The highest BCUT2D eigenvalue weighted by atomic mass is 16.4. The van der Waals surface area contributed by atoms with Crippen LogP contribution in [-0.2, 0) is 14.4 Å². The highest BCUT2D eigenvalue weighted by Gasteiger charge is 2.39. The quantitative estimate of drug-likeness (QED) is 0.512. The average molecular weight is 242 g/mol. The van der Waals surface area contributed by atoms with Crippen molar-refractivity contribution in [3.05, 3.63) is 0 Å². The van der Waals surface area contributed by atoms with Crippen LogP contribution in [-0.4, -0.2) is 33.9 Å². The fourth-order valence-corrected chi connectivity index (χ4v) is 2.11. The molecule has 0 aliphatic heterocycles. The van der Waals surface area contributed by atoms with Gasteiger partial charge in [-0.3, -0.25) is 14.4 Å². The van der Waals surface area contributed by atoms with Crippen LogP contribution in [0, 0.1) is 5.92 Å². The van der Waals surface area contributed by atoms with E-state index < -0.39 is 18.0 Å². The van der Waals surface area contributed by atoms with Crippen LogP contribution in [0.1, 0.15) is 44.9 Å². The molecule has 0 amide bonds. The first-order chi connectivity index (χ1) is 8.02. The van der Waals surface area contributed by atoms with E-state index in [2.05, 4.69) is 0 Å². The van der Waals surface area contributed by atoms with Gasteiger partial charge in [-0.25, -0.2) is 0 Å². The van der Waals surface area contributed by atoms with Gasteiger partial charge in [-0.2, -0.15) is 0 Å². The topological polar surface area (TPSA) is 91.7 Å². The average Bonchev–Trinajstić information content (AvgIpc) is 2.48. The molecule has 2 atom stereocenters. The van der Waals surface area contributed by atoms with E-state index in [-0.39, 0.29) is 24.4 Å². The van der Waals surface area contributed by atoms with Crippen LogP contribution in [0.25, 0.3) is 0 Å². The molecular formula is C12H18O5. The molecule has 0 aromatic heterocycles. The third-order valence-electron chi connectivity index (χ3n) is 3.09. The zero-order chi connectivity index (χ0) is 12.8. The van der Waals surface area contributed by atoms with Crippen molar-refractivity contribution in [3.63, 3.8) is 0 Å². The first-order valence-electron chi connectivity index (χ1n) is 5.98. The number of hydrogen-bond donors (Lipinski definition) is 2. The van der Waals surface area contributed by atoms with Crippen LogP contribution in [0.3, 0.4) is 0 Å². The summed E-state index contributed by atoms with van der Waals surface area (Å²) < 4.78 is 0. The summed E-state index contributed by atoms with van der Waals surface area (Å²) in [6.07, 6.45) is 2.49. The second kappa shape index (κ2) is 6.49. The SMILES string of the molecule is O=C(O)CCCCCCC1C(=O)CC(O)C1=O. The molecule has 2 N–H and O–H groups in total. The van der Waals surface area contributed by atoms with Crippen LogP contribution >= 0.6 is 0 Å². The maximum Gasteiger partial charge on any atom is 0.303 e. The van der Waals surface area contributed by atoms with Gasteiger partial charge in [0.05, 0.1) is 5.92 Å². The Kier molecular flexibility index (Phi) is 5.28. The van der Waals surface area contributed by atoms with Gasteiger partial charge in [-0.05, 0) is 12.8 Å². The van der Waals surface area contributed by atoms with Crippen LogP contribution < -0.4 is 0 Å². The number of carboxylic acids is 1. The van der Waals surface area contributed by atoms with E-state index in [1.807, 2.05) is 0 Å². The lowest BCUT2D eigenvalue weighted by atomic mass is 9.97. The first kappa shape index (κ1) is 13.8. The smallest absolute Gasteiger partial charge is 0.303 e. The standard InChI is InChI=1S/C12H18O5/c13-9-7-10(14)12(17)8(9)5-3-1-2-4-6-11(15)16/h8,10,14H,1-7H2,(H,15,16). The van der Waals surface area contributed by atoms with Crippen LogP contribution in [0.5, 0.6) is 0 Å². The molecule has 17 heavy (non-hydrogen) atoms. The number of ketones is 2. The summed E-state index contributed by atoms with van der Waals surface area (Å²) >= 11 is 0. The van der Waals surface area contributed by atoms with Crippen molar-refractivity contribution in [2.75, 3.05) is 0 Å². The van der Waals surface area contributed by atoms with Crippen molar-refractivity contribution < 1.29 is 24.6 Å². The number of aliphatic carboxylic acids is 1. The molecule has 5 heteroatoms. The van der Waals surface area contributed by atoms with E-state index in [1.54, 1.807) is 0 Å². The normalized spacial score (nSPS) is 24.3. The molecule has 0 aromatic rings. The minimum Gasteiger partial charge on any atom is -0.481 e. The summed E-state index contributed by atoms with van der Waals surface area (Å²) in [7, 11) is 0. The summed E-state index contributed by atoms with van der Waals surface area (Å²) in [6.45, 7) is 0. The summed E-state index contributed by atoms with van der Waals surface area (Å²) in [4.78, 5) is 33.0. The van der Waals surface area contributed by atoms with Gasteiger partial charge < -0.3 is 10.2 Å². The van der Waals surface area contributed by atoms with Crippen LogP contribution in [0.4, 0.5) is 0 Å². The predicted molar refractivity (Wildman–Crippen MR) is 59.5 cm³/mol. The number of carboxylic acid groups (broad SMARTS) is 1. The van der Waals surface area contributed by atoms with E-state index in [4.69, 9.17) is 5.11 Å². The Morgan fingerprint density at radius 1 is 1.18 bits per heavy atom. The molecule has 96 valence electrons. The van der Waals surface area contributed by atoms with Crippen molar-refractivity contribution >= 4 is 17.5 Å². The molecule has 1 aliphatic carbocycles. The Balaban J connectivity index is 2.12. The van der Waals surface area contributed by atoms with Crippen LogP contribution in [0.2, 0.25) is 0 Å². The second-order valence-corrected chi connectivity index (χ2v) is 4.49. The van der Waals surface area contributed by atoms with E-state index in [0.717, 1.165) is 19.3 Å². The Labute approximate surface area is 99.8 Å². The molecule has 1 rings (SSSR count). The zero-order valence-electron chi connectivity index (χ0n) is 9.72. The largest absolute Gasteiger partial charge is 0.481 e. The van der Waals surface area contributed by atoms with Gasteiger partial charge >= 0.3 is 5.97 Å². The number of aliphatic hydroxyl groups excluding tert-OH is 1. The maximum absolute atomic E-state index is 11.4. The molecular weight excluding hydrogens is 224 g/mol. The second-order valence-electron chi connectivity index (χ2n) is 4.49. The lowest BCUT2D eigenvalue weighted by Gasteiger charge is -2.06. The first-order valence-corrected chi connectivity index (χ1v) is 5.98. The molecule has 0 saturated heterocycles. The van der Waals surface area contributed by atoms with Crippen molar-refractivity contribution in [1.29, 1.82) is 0 Å². The number of Topliss-reactive ketones (excluding diaryl/α,β-unsaturated/α-hetero) is 2. The van der Waals surface area contributed by atoms with Crippen molar-refractivity contribution in [2.24, 2.45) is 5.92 Å². The molecule has 5 nitrogen and oxygen atoms in total. The lowest BCUT2D eigenvalue weighted by Crippen LogP contribution is -2.19. The number of unbranched alkanes of at least 4 members (excludes halogenated alkanes) is 3. The van der Waals surface area contributed by atoms with Gasteiger partial charge in [0.25, 0.3) is 0 Å². The Morgan fingerprint density at radius 2 is 1.82 bits per heavy atom. The van der Waals surface area contributed by atoms with Gasteiger partial charge in [-0.1, -0.05) is 19.3 Å². The summed E-state index contributed by atoms with van der Waals surface area (Å²) in [6, 6.07) is 0. The van der Waals surface area contributed by atoms with E-state index in [0.29, 0.717) is 12.8 Å². The van der Waals surface area contributed by atoms with Crippen molar-refractivity contribution in [2.45, 2.75) is 51.0 Å². The third kappa shape index (κ3) is 4.26. The molecule has 0 aromatic carbocycles. The number of rotatable bonds is 7. The summed E-state index contributed by atoms with van der Waals surface area (Å²) in [5.74, 6) is -1.92. The van der Waals surface area contributed by atoms with E-state index >= 15 is 0 Å². The van der Waals surface area contributed by atoms with Crippen molar-refractivity contribution in [3.8, 4) is 0 Å². The van der Waals surface area contributed by atoms with E-state index in [1.165, 1.54) is 0 Å². The lowest BCUT2D eigenvalue weighted by molar-refractivity contribution is -0.137. The number of carbonyl (C=O) groups excluding carboxylic acids is 2. The maximum atomic E-state index is 11.4. The minimum atomic E-state index is -1.10. The Morgan fingerprint density at radius 3 is 2.35 bits per heavy atom. The molecule has 0 spiro atoms. The fourth-order valence-electron chi connectivity index (χ4n) is 2.11. The Hall–Kier alpha value is -1.23. The van der Waals surface area contributed by atoms with Gasteiger partial charge in [0, 0.05) is 12.8 Å². The minimum absolute atomic E-state index is 0.0392. The molecule has 1 aliphatic rings. The van der Waals surface area contributed by atoms with Gasteiger partial charge in [0.15, 0.2) is 5.78 Å². The van der Waals surface area contributed by atoms with Crippen molar-refractivity contribution in [1.82, 2.24) is 0 Å². The zero-order valence-corrected chi connectivity index (χ0v) is 9.72. The monoisotopic (exact) mass is 242 g/mol. The highest BCUT2D eigenvalue weighted by molar-refractivity contribution is 6.11. The fraction of sp³-hybridized carbons (Fsp3) is 0.750. The van der Waals surface area contributed by atoms with Crippen LogP contribution in [0.15, 0.2) is 0 Å². The molecule has 0 bridgehead atoms. The molecule has 0 heterocycles. The number of aliphatic hydroxyl groups is 1. The number of hydrogen-bond acceptors (Lipinski definition) is 4. The number of carbonyl (C=O) groups is 3. The molecule has 0 radical (unpaired) electrons. The third-order valence-corrected chi connectivity index (χ3v) is 3.09. The summed E-state index contributed by atoms with van der Waals surface area (Å²) in [5, 5.41) is 17.6. The summed E-state index contributed by atoms with van der Waals surface area (Å²) in [5.41, 5.74) is 0. The predicted octanol–water partition coefficient (Wildman–Crippen LogP) is 0.931. The van der Waals surface area contributed by atoms with Gasteiger partial charge in [-0.15, -0.1) is 0 Å². The van der Waals surface area contributed by atoms with Gasteiger partial charge in [0.1, 0.15) is 11.9 Å². The highest BCUT2D eigenvalue weighted by Crippen LogP contribution is 2.23.